The summed E-state index contributed by atoms with van der Waals surface area (Å²) in [5, 5.41) is 15.5. The molecule has 4 fully saturated rings. The molecule has 9 nitrogen and oxygen atoms in total. The van der Waals surface area contributed by atoms with E-state index in [0.29, 0.717) is 46.2 Å². The Hall–Kier alpha value is -3.53. The van der Waals surface area contributed by atoms with Gasteiger partial charge in [0.2, 0.25) is 5.90 Å². The Morgan fingerprint density at radius 2 is 2.00 bits per heavy atom. The smallest absolute Gasteiger partial charge is 0.265 e. The van der Waals surface area contributed by atoms with E-state index in [1.807, 2.05) is 24.3 Å². The average molecular weight is 586 g/mol. The van der Waals surface area contributed by atoms with Gasteiger partial charge in [-0.15, -0.1) is 0 Å². The molecule has 4 bridgehead atoms. The molecular weight excluding hydrogens is 546 g/mol. The molecule has 1 amide bonds. The van der Waals surface area contributed by atoms with Gasteiger partial charge in [-0.2, -0.15) is 0 Å². The van der Waals surface area contributed by atoms with Crippen molar-refractivity contribution in [1.82, 2.24) is 14.7 Å². The van der Waals surface area contributed by atoms with Gasteiger partial charge in [0.1, 0.15) is 22.5 Å². The van der Waals surface area contributed by atoms with Gasteiger partial charge >= 0.3 is 0 Å². The number of rotatable bonds is 6. The summed E-state index contributed by atoms with van der Waals surface area (Å²) in [4.78, 5) is 25.2. The van der Waals surface area contributed by atoms with Gasteiger partial charge in [-0.25, -0.2) is 9.97 Å². The van der Waals surface area contributed by atoms with E-state index in [1.54, 1.807) is 18.3 Å². The lowest BCUT2D eigenvalue weighted by Gasteiger charge is -2.33. The highest BCUT2D eigenvalue weighted by molar-refractivity contribution is 7.97. The highest BCUT2D eigenvalue weighted by Gasteiger charge is 2.85. The average Bonchev–Trinajstić information content (AvgIpc) is 3.92. The minimum absolute atomic E-state index is 0.145. The SMILES string of the molecule is CC1(C)C/C2=C\CCNc3cccc(n3)SNC(=O)c3ccc(N/C=C\C(=N)OCCC4C5(CC5)C45CC5)nc3N1C2. The van der Waals surface area contributed by atoms with Crippen molar-refractivity contribution in [2.45, 2.75) is 69.4 Å². The van der Waals surface area contributed by atoms with Crippen molar-refractivity contribution in [3.8, 4) is 0 Å². The van der Waals surface area contributed by atoms with Gasteiger partial charge < -0.3 is 20.3 Å². The van der Waals surface area contributed by atoms with E-state index >= 15 is 0 Å². The van der Waals surface area contributed by atoms with Crippen LogP contribution in [0.4, 0.5) is 17.5 Å². The first-order valence-corrected chi connectivity index (χ1v) is 15.9. The summed E-state index contributed by atoms with van der Waals surface area (Å²) in [6.45, 7) is 6.49. The number of anilines is 3. The monoisotopic (exact) mass is 585 g/mol. The van der Waals surface area contributed by atoms with Gasteiger partial charge in [-0.3, -0.25) is 14.9 Å². The second-order valence-electron chi connectivity index (χ2n) is 13.0. The highest BCUT2D eigenvalue weighted by Crippen LogP contribution is 2.93. The summed E-state index contributed by atoms with van der Waals surface area (Å²) in [7, 11) is 0. The predicted molar refractivity (Wildman–Crippen MR) is 167 cm³/mol. The first kappa shape index (κ1) is 27.3. The summed E-state index contributed by atoms with van der Waals surface area (Å²) < 4.78 is 8.68. The number of pyridine rings is 2. The van der Waals surface area contributed by atoms with Crippen molar-refractivity contribution in [3.05, 3.63) is 59.8 Å². The number of aromatic nitrogens is 2. The Morgan fingerprint density at radius 3 is 2.79 bits per heavy atom. The normalized spacial score (nSPS) is 24.1. The van der Waals surface area contributed by atoms with Gasteiger partial charge in [0, 0.05) is 42.9 Å². The maximum Gasteiger partial charge on any atom is 0.265 e. The van der Waals surface area contributed by atoms with Crippen LogP contribution in [0.3, 0.4) is 0 Å². The summed E-state index contributed by atoms with van der Waals surface area (Å²) in [5.41, 5.74) is 2.98. The van der Waals surface area contributed by atoms with Crippen molar-refractivity contribution in [1.29, 1.82) is 5.41 Å². The third kappa shape index (κ3) is 5.03. The van der Waals surface area contributed by atoms with Crippen molar-refractivity contribution in [2.24, 2.45) is 16.7 Å². The molecule has 7 rings (SSSR count). The molecule has 5 aliphatic rings. The van der Waals surface area contributed by atoms with Crippen molar-refractivity contribution in [2.75, 3.05) is 35.2 Å². The summed E-state index contributed by atoms with van der Waals surface area (Å²) in [6.07, 6.45) is 14.1. The van der Waals surface area contributed by atoms with Gasteiger partial charge in [0.05, 0.1) is 12.2 Å². The number of ether oxygens (including phenoxy) is 1. The van der Waals surface area contributed by atoms with Crippen LogP contribution >= 0.6 is 11.9 Å². The molecular formula is C32H39N7O2S. The molecule has 220 valence electrons. The Bertz CT molecular complexity index is 1460. The topological polar surface area (TPSA) is 115 Å². The number of hydrogen-bond acceptors (Lipinski definition) is 9. The van der Waals surface area contributed by atoms with Crippen LogP contribution in [0.2, 0.25) is 0 Å². The lowest BCUT2D eigenvalue weighted by Crippen LogP contribution is -2.40. The van der Waals surface area contributed by atoms with Crippen molar-refractivity contribution >= 4 is 41.2 Å². The molecule has 3 aliphatic carbocycles. The van der Waals surface area contributed by atoms with E-state index in [1.165, 1.54) is 43.2 Å². The summed E-state index contributed by atoms with van der Waals surface area (Å²) >= 11 is 1.20. The molecule has 4 heterocycles. The fraction of sp³-hybridized carbons (Fsp3) is 0.500. The number of fused-ring (bicyclic) bond motifs is 7. The number of nitrogens with one attached hydrogen (secondary N) is 4. The summed E-state index contributed by atoms with van der Waals surface area (Å²) in [5.74, 6) is 2.78. The minimum atomic E-state index is -0.223. The van der Waals surface area contributed by atoms with Crippen LogP contribution in [0.5, 0.6) is 0 Å². The van der Waals surface area contributed by atoms with Gasteiger partial charge in [0.25, 0.3) is 5.91 Å². The number of nitrogens with zero attached hydrogens (tertiary/aromatic N) is 3. The number of hydrogen-bond donors (Lipinski definition) is 4. The van der Waals surface area contributed by atoms with Crippen LogP contribution in [0, 0.1) is 22.2 Å². The lowest BCUT2D eigenvalue weighted by molar-refractivity contribution is 0.0984. The van der Waals surface area contributed by atoms with E-state index in [4.69, 9.17) is 15.1 Å². The third-order valence-corrected chi connectivity index (χ3v) is 10.7. The fourth-order valence-electron chi connectivity index (χ4n) is 7.63. The largest absolute Gasteiger partial charge is 0.478 e. The molecule has 2 aliphatic heterocycles. The Kier molecular flexibility index (Phi) is 6.72. The van der Waals surface area contributed by atoms with Crippen molar-refractivity contribution in [3.63, 3.8) is 0 Å². The lowest BCUT2D eigenvalue weighted by atomic mass is 9.99. The molecule has 42 heavy (non-hydrogen) atoms. The zero-order valence-corrected chi connectivity index (χ0v) is 25.2. The number of carbonyl (C=O) groups excluding carboxylic acids is 1. The molecule has 4 N–H and O–H groups in total. The molecule has 0 radical (unpaired) electrons. The van der Waals surface area contributed by atoms with Crippen LogP contribution < -0.4 is 20.3 Å². The molecule has 0 unspecified atom stereocenters. The molecule has 1 saturated heterocycles. The standard InChI is InChI=1S/C32H39N7O2S/c1-30(2)19-21-5-4-16-34-25-6-3-7-27(36-25)42-38-29(40)22-8-9-26(37-28(22)39(30)20-21)35-17-10-24(33)41-18-11-23-31(12-13-31)32(23)14-15-32/h3,5-10,17,23,33H,4,11-16,18-20H2,1-2H3,(H,34,36)(H,35,37)(H,38,40)/b17-10-,21-5+,33-24?. The first-order valence-electron chi connectivity index (χ1n) is 15.1. The number of amides is 1. The van der Waals surface area contributed by atoms with Crippen LogP contribution in [-0.2, 0) is 4.74 Å². The van der Waals surface area contributed by atoms with Crippen LogP contribution in [0.25, 0.3) is 0 Å². The van der Waals surface area contributed by atoms with Crippen molar-refractivity contribution < 1.29 is 9.53 Å². The van der Waals surface area contributed by atoms with Crippen LogP contribution in [0.1, 0.15) is 69.2 Å². The zero-order valence-electron chi connectivity index (χ0n) is 24.3. The van der Waals surface area contributed by atoms with Gasteiger partial charge in [-0.1, -0.05) is 17.7 Å². The first-order chi connectivity index (χ1) is 20.3. The molecule has 2 aromatic heterocycles. The predicted octanol–water partition coefficient (Wildman–Crippen LogP) is 6.14. The number of carbonyl (C=O) groups is 1. The fourth-order valence-corrected chi connectivity index (χ4v) is 8.22. The Labute approximate surface area is 251 Å². The van der Waals surface area contributed by atoms with Gasteiger partial charge in [-0.05, 0) is 99.8 Å². The van der Waals surface area contributed by atoms with Crippen LogP contribution in [-0.4, -0.2) is 47.0 Å². The maximum absolute atomic E-state index is 13.4. The van der Waals surface area contributed by atoms with Crippen LogP contribution in [0.15, 0.2) is 59.3 Å². The second-order valence-corrected chi connectivity index (χ2v) is 13.8. The maximum atomic E-state index is 13.4. The molecule has 2 spiro atoms. The minimum Gasteiger partial charge on any atom is -0.478 e. The van der Waals surface area contributed by atoms with E-state index in [0.717, 1.165) is 37.5 Å². The quantitative estimate of drug-likeness (QED) is 0.138. The molecule has 10 heteroatoms. The van der Waals surface area contributed by atoms with E-state index in [9.17, 15) is 4.79 Å². The Morgan fingerprint density at radius 1 is 1.19 bits per heavy atom. The van der Waals surface area contributed by atoms with E-state index < -0.39 is 0 Å². The molecule has 2 aromatic rings. The highest BCUT2D eigenvalue weighted by atomic mass is 32.2. The second kappa shape index (κ2) is 10.3. The Balaban J connectivity index is 1.05. The van der Waals surface area contributed by atoms with E-state index in [-0.39, 0.29) is 17.3 Å². The van der Waals surface area contributed by atoms with Gasteiger partial charge in [0.15, 0.2) is 0 Å². The third-order valence-electron chi connectivity index (χ3n) is 9.93. The molecule has 0 aromatic carbocycles. The molecule has 0 atom stereocenters. The summed E-state index contributed by atoms with van der Waals surface area (Å²) in [6, 6.07) is 9.36. The van der Waals surface area contributed by atoms with E-state index in [2.05, 4.69) is 45.2 Å². The zero-order chi connectivity index (χ0) is 29.0. The molecule has 3 saturated carbocycles.